The molecule has 120 valence electrons. The molecule has 7 nitrogen and oxygen atoms in total. The van der Waals surface area contributed by atoms with Crippen LogP contribution in [0.5, 0.6) is 0 Å². The summed E-state index contributed by atoms with van der Waals surface area (Å²) in [4.78, 5) is 17.6. The molecule has 3 heterocycles. The molecule has 0 unspecified atom stereocenters. The maximum absolute atomic E-state index is 12.1. The number of hydrogen-bond donors (Lipinski definition) is 0. The van der Waals surface area contributed by atoms with Gasteiger partial charge in [0.15, 0.2) is 0 Å². The number of hydrogen-bond acceptors (Lipinski definition) is 6. The molecule has 0 atom stereocenters. The summed E-state index contributed by atoms with van der Waals surface area (Å²) in [5.41, 5.74) is 1.04. The lowest BCUT2D eigenvalue weighted by atomic mass is 10.2. The monoisotopic (exact) mass is 353 g/mol. The standard InChI is InChI=1S/C14H12ClN3O4S/c15-12-3-1-10(7-16-12)9-22-14(19)11-2-4-13-17-23(20,21)6-5-18(13)8-11/h1-4,7-8H,5-6,9H2. The van der Waals surface area contributed by atoms with Crippen molar-refractivity contribution in [1.82, 2.24) is 9.88 Å². The van der Waals surface area contributed by atoms with E-state index in [9.17, 15) is 13.2 Å². The van der Waals surface area contributed by atoms with Crippen LogP contribution in [-0.2, 0) is 26.2 Å². The fraction of sp³-hybridized carbons (Fsp3) is 0.214. The first-order valence-electron chi connectivity index (χ1n) is 6.70. The van der Waals surface area contributed by atoms with Crippen LogP contribution in [0.4, 0.5) is 0 Å². The molecule has 3 rings (SSSR count). The van der Waals surface area contributed by atoms with E-state index in [2.05, 4.69) is 9.38 Å². The highest BCUT2D eigenvalue weighted by Gasteiger charge is 2.25. The number of rotatable bonds is 3. The number of nitrogens with zero attached hydrogens (tertiary/aromatic N) is 3. The third kappa shape index (κ3) is 3.77. The molecule has 0 saturated carbocycles. The smallest absolute Gasteiger partial charge is 0.339 e. The van der Waals surface area contributed by atoms with E-state index < -0.39 is 16.0 Å². The number of carbonyl (C=O) groups is 1. The Kier molecular flexibility index (Phi) is 4.18. The molecule has 0 aliphatic carbocycles. The number of aromatic nitrogens is 1. The summed E-state index contributed by atoms with van der Waals surface area (Å²) < 4.78 is 31.7. The first-order chi connectivity index (χ1) is 10.9. The Morgan fingerprint density at radius 2 is 2.17 bits per heavy atom. The average molecular weight is 354 g/mol. The number of sulfonamides is 1. The first kappa shape index (κ1) is 15.7. The topological polar surface area (TPSA) is 88.9 Å². The van der Waals surface area contributed by atoms with Crippen molar-refractivity contribution in [3.63, 3.8) is 0 Å². The highest BCUT2D eigenvalue weighted by Crippen LogP contribution is 2.17. The summed E-state index contributed by atoms with van der Waals surface area (Å²) in [6.45, 7) is 0.326. The number of ether oxygens (including phenoxy) is 1. The molecule has 1 aromatic heterocycles. The van der Waals surface area contributed by atoms with Crippen LogP contribution in [0.2, 0.25) is 5.15 Å². The van der Waals surface area contributed by atoms with E-state index in [1.54, 1.807) is 17.0 Å². The molecule has 0 amide bonds. The molecule has 0 fully saturated rings. The van der Waals surface area contributed by atoms with E-state index in [4.69, 9.17) is 16.3 Å². The van der Waals surface area contributed by atoms with Gasteiger partial charge < -0.3 is 9.64 Å². The maximum atomic E-state index is 12.1. The second-order valence-electron chi connectivity index (χ2n) is 4.91. The van der Waals surface area contributed by atoms with Crippen molar-refractivity contribution < 1.29 is 17.9 Å². The quantitative estimate of drug-likeness (QED) is 0.600. The van der Waals surface area contributed by atoms with E-state index in [0.29, 0.717) is 16.6 Å². The highest BCUT2D eigenvalue weighted by atomic mass is 35.5. The zero-order chi connectivity index (χ0) is 16.4. The van der Waals surface area contributed by atoms with Gasteiger partial charge in [-0.15, -0.1) is 4.40 Å². The third-order valence-electron chi connectivity index (χ3n) is 3.22. The van der Waals surface area contributed by atoms with Gasteiger partial charge in [-0.3, -0.25) is 0 Å². The lowest BCUT2D eigenvalue weighted by Crippen LogP contribution is -2.37. The molecule has 0 N–H and O–H groups in total. The summed E-state index contributed by atoms with van der Waals surface area (Å²) in [5.74, 6) is -0.294. The lowest BCUT2D eigenvalue weighted by molar-refractivity contribution is -0.139. The van der Waals surface area contributed by atoms with E-state index >= 15 is 0 Å². The molecule has 0 saturated heterocycles. The van der Waals surface area contributed by atoms with Gasteiger partial charge in [-0.05, 0) is 18.2 Å². The van der Waals surface area contributed by atoms with Crippen LogP contribution in [0.15, 0.2) is 46.7 Å². The Morgan fingerprint density at radius 3 is 2.91 bits per heavy atom. The van der Waals surface area contributed by atoms with Gasteiger partial charge in [0.2, 0.25) is 0 Å². The molecule has 0 aromatic carbocycles. The summed E-state index contributed by atoms with van der Waals surface area (Å²) in [6.07, 6.45) is 6.03. The fourth-order valence-electron chi connectivity index (χ4n) is 2.05. The molecule has 2 aliphatic heterocycles. The minimum absolute atomic E-state index is 0.0729. The molecule has 1 aromatic rings. The van der Waals surface area contributed by atoms with Crippen LogP contribution in [-0.4, -0.2) is 42.4 Å². The van der Waals surface area contributed by atoms with Gasteiger partial charge in [0.25, 0.3) is 10.0 Å². The largest absolute Gasteiger partial charge is 0.457 e. The van der Waals surface area contributed by atoms with Gasteiger partial charge in [0.05, 0.1) is 11.3 Å². The van der Waals surface area contributed by atoms with E-state index in [0.717, 1.165) is 5.56 Å². The summed E-state index contributed by atoms with van der Waals surface area (Å²) in [6, 6.07) is 3.33. The Hall–Kier alpha value is -2.19. The third-order valence-corrected chi connectivity index (χ3v) is 4.61. The first-order valence-corrected chi connectivity index (χ1v) is 8.68. The van der Waals surface area contributed by atoms with Crippen LogP contribution < -0.4 is 0 Å². The van der Waals surface area contributed by atoms with Crippen molar-refractivity contribution in [1.29, 1.82) is 0 Å². The minimum Gasteiger partial charge on any atom is -0.457 e. The number of carbonyl (C=O) groups excluding carboxylic acids is 1. The summed E-state index contributed by atoms with van der Waals surface area (Å²) >= 11 is 5.68. The van der Waals surface area contributed by atoms with E-state index in [-0.39, 0.29) is 18.9 Å². The Balaban J connectivity index is 1.66. The molecule has 0 spiro atoms. The number of esters is 1. The van der Waals surface area contributed by atoms with Crippen LogP contribution in [0.3, 0.4) is 0 Å². The second kappa shape index (κ2) is 6.13. The zero-order valence-corrected chi connectivity index (χ0v) is 13.4. The molecule has 23 heavy (non-hydrogen) atoms. The average Bonchev–Trinajstić information content (AvgIpc) is 2.53. The maximum Gasteiger partial charge on any atom is 0.339 e. The molecule has 9 heteroatoms. The van der Waals surface area contributed by atoms with Crippen molar-refractivity contribution in [3.05, 3.63) is 53.0 Å². The van der Waals surface area contributed by atoms with Gasteiger partial charge in [-0.25, -0.2) is 18.2 Å². The molecule has 0 radical (unpaired) electrons. The Labute approximate surface area is 138 Å². The van der Waals surface area contributed by atoms with Gasteiger partial charge in [0.1, 0.15) is 17.6 Å². The Bertz CT molecular complexity index is 828. The second-order valence-corrected chi connectivity index (χ2v) is 7.05. The number of fused-ring (bicyclic) bond motifs is 1. The van der Waals surface area contributed by atoms with Crippen molar-refractivity contribution in [2.24, 2.45) is 4.40 Å². The predicted molar refractivity (Wildman–Crippen MR) is 84.2 cm³/mol. The van der Waals surface area contributed by atoms with Crippen molar-refractivity contribution in [2.45, 2.75) is 6.61 Å². The summed E-state index contributed by atoms with van der Waals surface area (Å²) in [5, 5.41) is 0.366. The molecular formula is C14H12ClN3O4S. The van der Waals surface area contributed by atoms with Crippen LogP contribution in [0.25, 0.3) is 0 Å². The van der Waals surface area contributed by atoms with Gasteiger partial charge in [0, 0.05) is 24.5 Å². The summed E-state index contributed by atoms with van der Waals surface area (Å²) in [7, 11) is -3.41. The predicted octanol–water partition coefficient (Wildman–Crippen LogP) is 1.28. The van der Waals surface area contributed by atoms with Crippen LogP contribution in [0, 0.1) is 0 Å². The highest BCUT2D eigenvalue weighted by molar-refractivity contribution is 7.90. The zero-order valence-electron chi connectivity index (χ0n) is 11.8. The molecular weight excluding hydrogens is 342 g/mol. The van der Waals surface area contributed by atoms with E-state index in [1.807, 2.05) is 0 Å². The van der Waals surface area contributed by atoms with Crippen LogP contribution in [0.1, 0.15) is 5.56 Å². The fourth-order valence-corrected chi connectivity index (χ4v) is 3.13. The van der Waals surface area contributed by atoms with Gasteiger partial charge in [-0.1, -0.05) is 17.7 Å². The SMILES string of the molecule is O=C(OCc1ccc(Cl)nc1)C1=CN2CCS(=O)(=O)N=C2C=C1. The molecule has 0 bridgehead atoms. The normalized spacial score (nSPS) is 18.7. The van der Waals surface area contributed by atoms with Crippen molar-refractivity contribution >= 4 is 33.4 Å². The minimum atomic E-state index is -3.41. The van der Waals surface area contributed by atoms with Gasteiger partial charge in [-0.2, -0.15) is 0 Å². The van der Waals surface area contributed by atoms with Crippen molar-refractivity contribution in [2.75, 3.05) is 12.3 Å². The van der Waals surface area contributed by atoms with Crippen molar-refractivity contribution in [3.8, 4) is 0 Å². The Morgan fingerprint density at radius 1 is 1.35 bits per heavy atom. The van der Waals surface area contributed by atoms with E-state index in [1.165, 1.54) is 24.5 Å². The number of halogens is 1. The number of amidine groups is 1. The number of pyridine rings is 1. The molecule has 2 aliphatic rings. The van der Waals surface area contributed by atoms with Crippen LogP contribution >= 0.6 is 11.6 Å². The lowest BCUT2D eigenvalue weighted by Gasteiger charge is -2.26. The van der Waals surface area contributed by atoms with Gasteiger partial charge >= 0.3 is 5.97 Å².